The van der Waals surface area contributed by atoms with Crippen LogP contribution in [-0.2, 0) is 19.7 Å². The Morgan fingerprint density at radius 2 is 1.96 bits per heavy atom. The molecule has 10 heteroatoms. The number of aromatic nitrogens is 2. The van der Waals surface area contributed by atoms with E-state index in [1.54, 1.807) is 19.1 Å². The number of amides is 1. The molecule has 0 spiro atoms. The summed E-state index contributed by atoms with van der Waals surface area (Å²) in [6.07, 6.45) is 1.55. The van der Waals surface area contributed by atoms with Gasteiger partial charge in [-0.15, -0.1) is 0 Å². The molecule has 9 nitrogen and oxygen atoms in total. The van der Waals surface area contributed by atoms with Crippen LogP contribution in [0, 0.1) is 0 Å². The van der Waals surface area contributed by atoms with Crippen molar-refractivity contribution in [3.8, 4) is 0 Å². The fourth-order valence-corrected chi connectivity index (χ4v) is 4.61. The number of carbonyl (C=O) groups excluding carboxylic acids is 2. The SMILES string of the molecule is CCOC(=O)c1cccc2c1nc(NC(C)=O)n2S(=O)(=O)N1CCCC1. The molecule has 0 saturated carbocycles. The van der Waals surface area contributed by atoms with Gasteiger partial charge in [-0.25, -0.2) is 9.78 Å². The van der Waals surface area contributed by atoms with Gasteiger partial charge in [-0.2, -0.15) is 16.7 Å². The molecule has 1 aliphatic heterocycles. The summed E-state index contributed by atoms with van der Waals surface area (Å²) in [6, 6.07) is 4.62. The average molecular weight is 380 g/mol. The fourth-order valence-electron chi connectivity index (χ4n) is 2.96. The summed E-state index contributed by atoms with van der Waals surface area (Å²) < 4.78 is 33.5. The van der Waals surface area contributed by atoms with Crippen molar-refractivity contribution in [1.29, 1.82) is 0 Å². The topological polar surface area (TPSA) is 111 Å². The van der Waals surface area contributed by atoms with Crippen LogP contribution in [-0.4, -0.2) is 53.3 Å². The predicted molar refractivity (Wildman–Crippen MR) is 95.1 cm³/mol. The maximum Gasteiger partial charge on any atom is 0.340 e. The van der Waals surface area contributed by atoms with Crippen LogP contribution >= 0.6 is 0 Å². The standard InChI is InChI=1S/C16H20N4O5S/c1-3-25-15(22)12-7-6-8-13-14(12)18-16(17-11(2)21)20(13)26(23,24)19-9-4-5-10-19/h6-8H,3-5,9-10H2,1-2H3,(H,17,18,21). The molecule has 0 aliphatic carbocycles. The Morgan fingerprint density at radius 3 is 2.58 bits per heavy atom. The summed E-state index contributed by atoms with van der Waals surface area (Å²) in [5.41, 5.74) is 0.523. The zero-order chi connectivity index (χ0) is 18.9. The monoisotopic (exact) mass is 380 g/mol. The van der Waals surface area contributed by atoms with Crippen LogP contribution in [0.2, 0.25) is 0 Å². The molecule has 1 amide bonds. The van der Waals surface area contributed by atoms with Crippen LogP contribution in [0.3, 0.4) is 0 Å². The highest BCUT2D eigenvalue weighted by Gasteiger charge is 2.32. The van der Waals surface area contributed by atoms with Gasteiger partial charge in [0.2, 0.25) is 11.9 Å². The van der Waals surface area contributed by atoms with E-state index in [0.717, 1.165) is 16.8 Å². The van der Waals surface area contributed by atoms with Gasteiger partial charge in [-0.1, -0.05) is 6.07 Å². The number of imidazole rings is 1. The molecule has 26 heavy (non-hydrogen) atoms. The molecule has 2 aromatic rings. The Hall–Kier alpha value is -2.46. The smallest absolute Gasteiger partial charge is 0.340 e. The number of para-hydroxylation sites is 1. The number of esters is 1. The second-order valence-electron chi connectivity index (χ2n) is 5.89. The molecule has 140 valence electrons. The second-order valence-corrected chi connectivity index (χ2v) is 7.67. The fraction of sp³-hybridized carbons (Fsp3) is 0.438. The minimum Gasteiger partial charge on any atom is -0.462 e. The third kappa shape index (κ3) is 3.17. The maximum absolute atomic E-state index is 13.1. The molecule has 1 fully saturated rings. The second kappa shape index (κ2) is 7.04. The van der Waals surface area contributed by atoms with Crippen molar-refractivity contribution < 1.29 is 22.7 Å². The van der Waals surface area contributed by atoms with E-state index < -0.39 is 22.1 Å². The minimum atomic E-state index is -3.93. The highest BCUT2D eigenvalue weighted by atomic mass is 32.2. The van der Waals surface area contributed by atoms with Crippen molar-refractivity contribution in [3.63, 3.8) is 0 Å². The molecule has 0 unspecified atom stereocenters. The molecule has 1 saturated heterocycles. The van der Waals surface area contributed by atoms with E-state index in [1.165, 1.54) is 17.3 Å². The third-order valence-corrected chi connectivity index (χ3v) is 5.90. The zero-order valence-electron chi connectivity index (χ0n) is 14.6. The first-order valence-electron chi connectivity index (χ1n) is 8.33. The number of ether oxygens (including phenoxy) is 1. The number of benzene rings is 1. The van der Waals surface area contributed by atoms with Crippen LogP contribution in [0.15, 0.2) is 18.2 Å². The summed E-state index contributed by atoms with van der Waals surface area (Å²) in [7, 11) is -3.93. The van der Waals surface area contributed by atoms with Crippen molar-refractivity contribution in [1.82, 2.24) is 13.3 Å². The Morgan fingerprint density at radius 1 is 1.27 bits per heavy atom. The van der Waals surface area contributed by atoms with Gasteiger partial charge in [0.15, 0.2) is 0 Å². The largest absolute Gasteiger partial charge is 0.462 e. The van der Waals surface area contributed by atoms with E-state index in [9.17, 15) is 18.0 Å². The summed E-state index contributed by atoms with van der Waals surface area (Å²) in [6.45, 7) is 3.92. The first kappa shape index (κ1) is 18.3. The van der Waals surface area contributed by atoms with Crippen molar-refractivity contribution in [2.45, 2.75) is 26.7 Å². The lowest BCUT2D eigenvalue weighted by atomic mass is 10.2. The molecule has 1 aromatic carbocycles. The third-order valence-electron chi connectivity index (χ3n) is 4.05. The molecule has 3 rings (SSSR count). The number of hydrogen-bond donors (Lipinski definition) is 1. The van der Waals surface area contributed by atoms with E-state index in [4.69, 9.17) is 4.74 Å². The van der Waals surface area contributed by atoms with E-state index in [2.05, 4.69) is 10.3 Å². The Labute approximate surface area is 151 Å². The lowest BCUT2D eigenvalue weighted by Gasteiger charge is -2.18. The van der Waals surface area contributed by atoms with Crippen LogP contribution in [0.5, 0.6) is 0 Å². The van der Waals surface area contributed by atoms with Crippen molar-refractivity contribution in [2.24, 2.45) is 0 Å². The van der Waals surface area contributed by atoms with Gasteiger partial charge in [-0.3, -0.25) is 10.1 Å². The first-order valence-corrected chi connectivity index (χ1v) is 9.72. The van der Waals surface area contributed by atoms with Gasteiger partial charge < -0.3 is 4.74 Å². The van der Waals surface area contributed by atoms with Crippen LogP contribution in [0.25, 0.3) is 11.0 Å². The van der Waals surface area contributed by atoms with Gasteiger partial charge in [0.05, 0.1) is 17.7 Å². The molecule has 0 atom stereocenters. The molecular formula is C16H20N4O5S. The minimum absolute atomic E-state index is 0.142. The quantitative estimate of drug-likeness (QED) is 0.784. The average Bonchev–Trinajstić information content (AvgIpc) is 3.22. The van der Waals surface area contributed by atoms with E-state index in [0.29, 0.717) is 13.1 Å². The Balaban J connectivity index is 2.24. The number of anilines is 1. The molecule has 1 aliphatic rings. The summed E-state index contributed by atoms with van der Waals surface area (Å²) >= 11 is 0. The molecule has 2 heterocycles. The van der Waals surface area contributed by atoms with E-state index in [1.807, 2.05) is 0 Å². The summed E-state index contributed by atoms with van der Waals surface area (Å²) in [5.74, 6) is -1.21. The first-order chi connectivity index (χ1) is 12.4. The molecule has 1 aromatic heterocycles. The van der Waals surface area contributed by atoms with Crippen molar-refractivity contribution in [2.75, 3.05) is 25.0 Å². The van der Waals surface area contributed by atoms with Crippen LogP contribution in [0.1, 0.15) is 37.0 Å². The van der Waals surface area contributed by atoms with E-state index >= 15 is 0 Å². The summed E-state index contributed by atoms with van der Waals surface area (Å²) in [5, 5.41) is 2.45. The van der Waals surface area contributed by atoms with Gasteiger partial charge in [0.25, 0.3) is 0 Å². The summed E-state index contributed by atoms with van der Waals surface area (Å²) in [4.78, 5) is 28.0. The lowest BCUT2D eigenvalue weighted by Crippen LogP contribution is -2.34. The van der Waals surface area contributed by atoms with Crippen molar-refractivity contribution >= 4 is 39.1 Å². The normalized spacial score (nSPS) is 15.3. The number of nitrogens with zero attached hydrogens (tertiary/aromatic N) is 3. The number of nitrogens with one attached hydrogen (secondary N) is 1. The van der Waals surface area contributed by atoms with Gasteiger partial charge in [-0.05, 0) is 31.9 Å². The highest BCUT2D eigenvalue weighted by Crippen LogP contribution is 2.28. The Bertz CT molecular complexity index is 960. The highest BCUT2D eigenvalue weighted by molar-refractivity contribution is 7.87. The molecule has 1 N–H and O–H groups in total. The van der Waals surface area contributed by atoms with Crippen LogP contribution in [0.4, 0.5) is 5.95 Å². The number of rotatable bonds is 5. The number of carbonyl (C=O) groups is 2. The van der Waals surface area contributed by atoms with Gasteiger partial charge >= 0.3 is 16.2 Å². The van der Waals surface area contributed by atoms with E-state index in [-0.39, 0.29) is 29.2 Å². The maximum atomic E-state index is 13.1. The molecular weight excluding hydrogens is 360 g/mol. The van der Waals surface area contributed by atoms with Gasteiger partial charge in [0.1, 0.15) is 5.52 Å². The number of hydrogen-bond acceptors (Lipinski definition) is 6. The predicted octanol–water partition coefficient (Wildman–Crippen LogP) is 1.36. The van der Waals surface area contributed by atoms with Crippen molar-refractivity contribution in [3.05, 3.63) is 23.8 Å². The Kier molecular flexibility index (Phi) is 4.97. The van der Waals surface area contributed by atoms with Gasteiger partial charge in [0, 0.05) is 20.0 Å². The lowest BCUT2D eigenvalue weighted by molar-refractivity contribution is -0.114. The molecule has 0 radical (unpaired) electrons. The number of fused-ring (bicyclic) bond motifs is 1. The zero-order valence-corrected chi connectivity index (χ0v) is 15.4. The molecule has 0 bridgehead atoms. The van der Waals surface area contributed by atoms with Crippen LogP contribution < -0.4 is 5.32 Å².